The van der Waals surface area contributed by atoms with Gasteiger partial charge in [0.15, 0.2) is 0 Å². The molecule has 2 heterocycles. The lowest BCUT2D eigenvalue weighted by atomic mass is 9.92. The third-order valence-corrected chi connectivity index (χ3v) is 9.98. The quantitative estimate of drug-likeness (QED) is 0.159. The zero-order valence-electron chi connectivity index (χ0n) is 29.7. The van der Waals surface area contributed by atoms with Crippen LogP contribution >= 0.6 is 0 Å². The topological polar surface area (TPSA) is 25.8 Å². The molecule has 0 saturated heterocycles. The Hall–Kier alpha value is -7.16. The van der Waals surface area contributed by atoms with Crippen molar-refractivity contribution < 1.29 is 0 Å². The molecule has 0 spiro atoms. The van der Waals surface area contributed by atoms with E-state index in [1.165, 1.54) is 55.6 Å². The van der Waals surface area contributed by atoms with E-state index in [2.05, 4.69) is 192 Å². The number of aromatic nitrogens is 2. The Balaban J connectivity index is 1.03. The van der Waals surface area contributed by atoms with Crippen LogP contribution in [-0.2, 0) is 0 Å². The summed E-state index contributed by atoms with van der Waals surface area (Å²) < 4.78 is 0. The highest BCUT2D eigenvalue weighted by atomic mass is 14.7. The summed E-state index contributed by atoms with van der Waals surface area (Å²) in [7, 11) is 0. The third-order valence-electron chi connectivity index (χ3n) is 9.98. The lowest BCUT2D eigenvalue weighted by molar-refractivity contribution is 1.32. The van der Waals surface area contributed by atoms with Crippen molar-refractivity contribution in [2.45, 2.75) is 0 Å². The van der Waals surface area contributed by atoms with Gasteiger partial charge in [-0.1, -0.05) is 133 Å². The lowest BCUT2D eigenvalue weighted by Gasteiger charge is -2.13. The zero-order valence-corrected chi connectivity index (χ0v) is 29.7. The third kappa shape index (κ3) is 7.01. The van der Waals surface area contributed by atoms with Crippen LogP contribution in [0.2, 0.25) is 0 Å². The van der Waals surface area contributed by atoms with Crippen molar-refractivity contribution in [3.63, 3.8) is 0 Å². The minimum atomic E-state index is 0.944. The molecule has 0 radical (unpaired) electrons. The average Bonchev–Trinajstić information content (AvgIpc) is 3.27. The normalized spacial score (nSPS) is 11.0. The Morgan fingerprint density at radius 1 is 0.222 bits per heavy atom. The fourth-order valence-corrected chi connectivity index (χ4v) is 7.20. The second-order valence-electron chi connectivity index (χ2n) is 13.5. The first kappa shape index (κ1) is 32.7. The molecule has 0 N–H and O–H groups in total. The fraction of sp³-hybridized carbons (Fsp3) is 0. The zero-order chi connectivity index (χ0) is 36.1. The van der Waals surface area contributed by atoms with Crippen molar-refractivity contribution in [2.24, 2.45) is 0 Å². The Kier molecular flexibility index (Phi) is 8.99. The van der Waals surface area contributed by atoms with Gasteiger partial charge < -0.3 is 0 Å². The molecule has 7 aromatic carbocycles. The second-order valence-corrected chi connectivity index (χ2v) is 13.5. The molecule has 2 aromatic heterocycles. The minimum absolute atomic E-state index is 0.944. The number of benzene rings is 7. The van der Waals surface area contributed by atoms with Gasteiger partial charge in [0, 0.05) is 29.7 Å². The molecule has 0 atom stereocenters. The van der Waals surface area contributed by atoms with Crippen molar-refractivity contribution in [3.8, 4) is 89.1 Å². The van der Waals surface area contributed by atoms with Crippen molar-refractivity contribution >= 4 is 0 Å². The van der Waals surface area contributed by atoms with Gasteiger partial charge in [-0.05, 0) is 139 Å². The number of hydrogen-bond donors (Lipinski definition) is 0. The maximum atomic E-state index is 4.66. The van der Waals surface area contributed by atoms with Crippen LogP contribution in [0.25, 0.3) is 89.1 Å². The number of rotatable bonds is 8. The van der Waals surface area contributed by atoms with Crippen molar-refractivity contribution in [3.05, 3.63) is 219 Å². The fourth-order valence-electron chi connectivity index (χ4n) is 7.20. The molecule has 2 nitrogen and oxygen atoms in total. The van der Waals surface area contributed by atoms with Crippen molar-refractivity contribution in [1.29, 1.82) is 0 Å². The Morgan fingerprint density at radius 3 is 1.00 bits per heavy atom. The molecular formula is C52H36N2. The SMILES string of the molecule is c1ccc(-c2cccc(-c3cccc(-c4cccc(-c5cccc(-c6cccc(-c7cc(-c8cccnc8)cc(-c8ccccn8)c7)c6)c5)c4)c3)c2)cc1. The van der Waals surface area contributed by atoms with E-state index >= 15 is 0 Å². The van der Waals surface area contributed by atoms with Gasteiger partial charge >= 0.3 is 0 Å². The summed E-state index contributed by atoms with van der Waals surface area (Å²) in [6.45, 7) is 0. The van der Waals surface area contributed by atoms with Crippen LogP contribution in [0.3, 0.4) is 0 Å². The van der Waals surface area contributed by atoms with Crippen LogP contribution in [0, 0.1) is 0 Å². The van der Waals surface area contributed by atoms with E-state index in [-0.39, 0.29) is 0 Å². The van der Waals surface area contributed by atoms with Crippen LogP contribution in [0.5, 0.6) is 0 Å². The number of hydrogen-bond acceptors (Lipinski definition) is 2. The van der Waals surface area contributed by atoms with Gasteiger partial charge in [0.2, 0.25) is 0 Å². The van der Waals surface area contributed by atoms with Crippen LogP contribution in [-0.4, -0.2) is 9.97 Å². The van der Waals surface area contributed by atoms with E-state index in [0.717, 1.165) is 33.5 Å². The molecule has 0 aliphatic carbocycles. The largest absolute Gasteiger partial charge is 0.264 e. The highest BCUT2D eigenvalue weighted by Crippen LogP contribution is 2.36. The van der Waals surface area contributed by atoms with Gasteiger partial charge in [0.1, 0.15) is 0 Å². The summed E-state index contributed by atoms with van der Waals surface area (Å²) in [5, 5.41) is 0. The number of pyridine rings is 2. The first-order valence-corrected chi connectivity index (χ1v) is 18.3. The lowest BCUT2D eigenvalue weighted by Crippen LogP contribution is -1.89. The van der Waals surface area contributed by atoms with E-state index in [9.17, 15) is 0 Å². The molecule has 0 aliphatic rings. The Bertz CT molecular complexity index is 2640. The summed E-state index contributed by atoms with van der Waals surface area (Å²) in [5.41, 5.74) is 18.5. The molecule has 254 valence electrons. The number of nitrogens with zero attached hydrogens (tertiary/aromatic N) is 2. The van der Waals surface area contributed by atoms with Gasteiger partial charge in [-0.3, -0.25) is 9.97 Å². The summed E-state index contributed by atoms with van der Waals surface area (Å²) >= 11 is 0. The van der Waals surface area contributed by atoms with E-state index < -0.39 is 0 Å². The molecular weight excluding hydrogens is 653 g/mol. The van der Waals surface area contributed by atoms with Crippen molar-refractivity contribution in [1.82, 2.24) is 9.97 Å². The van der Waals surface area contributed by atoms with Crippen LogP contribution in [0.1, 0.15) is 0 Å². The molecule has 54 heavy (non-hydrogen) atoms. The maximum absolute atomic E-state index is 4.66. The molecule has 9 rings (SSSR count). The van der Waals surface area contributed by atoms with Gasteiger partial charge in [-0.2, -0.15) is 0 Å². The molecule has 0 saturated carbocycles. The highest BCUT2D eigenvalue weighted by molar-refractivity contribution is 5.84. The summed E-state index contributed by atoms with van der Waals surface area (Å²) in [4.78, 5) is 9.05. The summed E-state index contributed by atoms with van der Waals surface area (Å²) in [6.07, 6.45) is 5.57. The van der Waals surface area contributed by atoms with E-state index in [4.69, 9.17) is 0 Å². The average molecular weight is 689 g/mol. The van der Waals surface area contributed by atoms with Gasteiger partial charge in [0.25, 0.3) is 0 Å². The van der Waals surface area contributed by atoms with Gasteiger partial charge in [0.05, 0.1) is 5.69 Å². The molecule has 0 amide bonds. The molecule has 0 bridgehead atoms. The van der Waals surface area contributed by atoms with Crippen LogP contribution < -0.4 is 0 Å². The van der Waals surface area contributed by atoms with E-state index in [1.807, 2.05) is 36.8 Å². The summed E-state index contributed by atoms with van der Waals surface area (Å²) in [5.74, 6) is 0. The molecule has 0 fully saturated rings. The second kappa shape index (κ2) is 14.8. The Labute approximate surface area is 316 Å². The molecule has 2 heteroatoms. The van der Waals surface area contributed by atoms with Gasteiger partial charge in [-0.25, -0.2) is 0 Å². The maximum Gasteiger partial charge on any atom is 0.0702 e. The molecule has 9 aromatic rings. The molecule has 0 unspecified atom stereocenters. The predicted molar refractivity (Wildman–Crippen MR) is 226 cm³/mol. The van der Waals surface area contributed by atoms with Crippen molar-refractivity contribution in [2.75, 3.05) is 0 Å². The Morgan fingerprint density at radius 2 is 0.574 bits per heavy atom. The monoisotopic (exact) mass is 688 g/mol. The van der Waals surface area contributed by atoms with Gasteiger partial charge in [-0.15, -0.1) is 0 Å². The van der Waals surface area contributed by atoms with Crippen LogP contribution in [0.4, 0.5) is 0 Å². The summed E-state index contributed by atoms with van der Waals surface area (Å²) in [6, 6.07) is 71.6. The first-order valence-electron chi connectivity index (χ1n) is 18.3. The standard InChI is InChI=1S/C52H36N2/c1-2-12-37(13-3-1)38-14-6-15-39(28-38)40-16-7-17-41(29-40)42-18-8-19-43(30-42)44-20-9-21-45(31-44)46-22-10-23-47(32-46)49-33-50(48-24-11-26-53-36-48)35-51(34-49)52-25-4-5-27-54-52/h1-36H. The van der Waals surface area contributed by atoms with E-state index in [0.29, 0.717) is 0 Å². The first-order chi connectivity index (χ1) is 26.7. The minimum Gasteiger partial charge on any atom is -0.264 e. The predicted octanol–water partition coefficient (Wildman–Crippen LogP) is 13.8. The smallest absolute Gasteiger partial charge is 0.0702 e. The molecule has 0 aliphatic heterocycles. The van der Waals surface area contributed by atoms with Crippen LogP contribution in [0.15, 0.2) is 219 Å². The highest BCUT2D eigenvalue weighted by Gasteiger charge is 2.11. The van der Waals surface area contributed by atoms with E-state index in [1.54, 1.807) is 0 Å².